The number of rotatable bonds is 13. The molecule has 7 nitrogen and oxygen atoms in total. The van der Waals surface area contributed by atoms with E-state index in [2.05, 4.69) is 4.90 Å². The van der Waals surface area contributed by atoms with Gasteiger partial charge in [0, 0.05) is 44.6 Å². The number of nitrogens with zero attached hydrogens (tertiary/aromatic N) is 2. The molecular formula is C32H36ClF3N2O5S. The highest BCUT2D eigenvalue weighted by molar-refractivity contribution is 7.88. The molecule has 0 amide bonds. The molecule has 1 fully saturated rings. The van der Waals surface area contributed by atoms with Crippen molar-refractivity contribution in [3.05, 3.63) is 106 Å². The van der Waals surface area contributed by atoms with Crippen LogP contribution in [0.25, 0.3) is 0 Å². The van der Waals surface area contributed by atoms with Gasteiger partial charge < -0.3 is 9.84 Å². The van der Waals surface area contributed by atoms with Crippen molar-refractivity contribution in [1.29, 1.82) is 0 Å². The molecule has 3 aromatic carbocycles. The van der Waals surface area contributed by atoms with Gasteiger partial charge in [0.2, 0.25) is 10.0 Å². The SMILES string of the molecule is CC(CCO[C@@H]1C[C@H](C(=O)O)N(S(C)(=O)=O)C1)N(Cc1cccc(C(F)(F)F)c1Cl)CC(c1ccccc1)c1ccccc1. The summed E-state index contributed by atoms with van der Waals surface area (Å²) in [6.45, 7) is 2.71. The average molecular weight is 653 g/mol. The molecule has 0 spiro atoms. The average Bonchev–Trinajstić information content (AvgIpc) is 3.42. The van der Waals surface area contributed by atoms with Crippen LogP contribution in [0.1, 0.15) is 47.9 Å². The predicted molar refractivity (Wildman–Crippen MR) is 163 cm³/mol. The molecule has 1 N–H and O–H groups in total. The Kier molecular flexibility index (Phi) is 11.1. The molecule has 0 aliphatic carbocycles. The van der Waals surface area contributed by atoms with Gasteiger partial charge in [-0.05, 0) is 36.1 Å². The Bertz CT molecular complexity index is 1470. The molecule has 1 aliphatic rings. The molecule has 238 valence electrons. The van der Waals surface area contributed by atoms with Crippen molar-refractivity contribution in [3.8, 4) is 0 Å². The zero-order valence-electron chi connectivity index (χ0n) is 24.5. The summed E-state index contributed by atoms with van der Waals surface area (Å²) in [5.74, 6) is -1.33. The minimum Gasteiger partial charge on any atom is -0.480 e. The number of hydrogen-bond acceptors (Lipinski definition) is 5. The lowest BCUT2D eigenvalue weighted by Gasteiger charge is -2.34. The molecule has 1 aliphatic heterocycles. The topological polar surface area (TPSA) is 87.1 Å². The lowest BCUT2D eigenvalue weighted by Crippen LogP contribution is -2.39. The van der Waals surface area contributed by atoms with Crippen LogP contribution in [-0.2, 0) is 32.3 Å². The molecule has 0 aromatic heterocycles. The third-order valence-electron chi connectivity index (χ3n) is 8.02. The maximum absolute atomic E-state index is 13.7. The van der Waals surface area contributed by atoms with Crippen LogP contribution in [0.4, 0.5) is 13.2 Å². The normalized spacial score (nSPS) is 18.6. The van der Waals surface area contributed by atoms with E-state index in [1.165, 1.54) is 6.07 Å². The number of sulfonamides is 1. The van der Waals surface area contributed by atoms with E-state index in [-0.39, 0.29) is 43.1 Å². The molecule has 1 saturated heterocycles. The molecular weight excluding hydrogens is 617 g/mol. The van der Waals surface area contributed by atoms with Crippen LogP contribution >= 0.6 is 11.6 Å². The number of hydrogen-bond donors (Lipinski definition) is 1. The van der Waals surface area contributed by atoms with Gasteiger partial charge in [-0.25, -0.2) is 8.42 Å². The monoisotopic (exact) mass is 652 g/mol. The largest absolute Gasteiger partial charge is 0.480 e. The minimum atomic E-state index is -4.59. The van der Waals surface area contributed by atoms with Gasteiger partial charge in [0.1, 0.15) is 6.04 Å². The van der Waals surface area contributed by atoms with Gasteiger partial charge in [0.25, 0.3) is 0 Å². The van der Waals surface area contributed by atoms with E-state index in [9.17, 15) is 31.5 Å². The highest BCUT2D eigenvalue weighted by Crippen LogP contribution is 2.37. The highest BCUT2D eigenvalue weighted by atomic mass is 35.5. The van der Waals surface area contributed by atoms with Crippen LogP contribution in [0, 0.1) is 0 Å². The van der Waals surface area contributed by atoms with E-state index < -0.39 is 39.9 Å². The zero-order valence-corrected chi connectivity index (χ0v) is 26.0. The summed E-state index contributed by atoms with van der Waals surface area (Å²) in [5.41, 5.74) is 1.56. The first kappa shape index (κ1) is 33.9. The molecule has 44 heavy (non-hydrogen) atoms. The number of aliphatic carboxylic acids is 1. The van der Waals surface area contributed by atoms with Gasteiger partial charge in [-0.1, -0.05) is 84.4 Å². The molecule has 0 bridgehead atoms. The van der Waals surface area contributed by atoms with E-state index in [1.807, 2.05) is 67.6 Å². The lowest BCUT2D eigenvalue weighted by atomic mass is 9.90. The molecule has 3 atom stereocenters. The summed E-state index contributed by atoms with van der Waals surface area (Å²) in [6.07, 6.45) is -3.72. The van der Waals surface area contributed by atoms with E-state index >= 15 is 0 Å². The number of benzene rings is 3. The number of carbonyl (C=O) groups is 1. The fraction of sp³-hybridized carbons (Fsp3) is 0.406. The van der Waals surface area contributed by atoms with Gasteiger partial charge in [0.05, 0.1) is 22.9 Å². The number of halogens is 4. The number of alkyl halides is 3. The number of carboxylic acids is 1. The molecule has 1 unspecified atom stereocenters. The van der Waals surface area contributed by atoms with Crippen LogP contribution in [-0.4, -0.2) is 72.8 Å². The van der Waals surface area contributed by atoms with Crippen molar-refractivity contribution in [2.45, 2.75) is 56.6 Å². The standard InChI is InChI=1S/C32H36ClF3N2O5S/c1-22(16-17-43-26-18-29(31(39)40)38(20-26)44(2,41)42)37(19-25-14-9-15-28(30(25)33)32(34,35)36)21-27(23-10-5-3-6-11-23)24-12-7-4-8-13-24/h3-15,22,26-27,29H,16-21H2,1-2H3,(H,39,40)/t22?,26-,29-/m1/s1. The summed E-state index contributed by atoms with van der Waals surface area (Å²) in [6, 6.07) is 22.3. The summed E-state index contributed by atoms with van der Waals surface area (Å²) in [5, 5.41) is 9.17. The van der Waals surface area contributed by atoms with Gasteiger partial charge in [-0.3, -0.25) is 9.69 Å². The van der Waals surface area contributed by atoms with Crippen LogP contribution in [0.15, 0.2) is 78.9 Å². The lowest BCUT2D eigenvalue weighted by molar-refractivity contribution is -0.141. The van der Waals surface area contributed by atoms with Crippen molar-refractivity contribution in [3.63, 3.8) is 0 Å². The maximum atomic E-state index is 13.7. The quantitative estimate of drug-likeness (QED) is 0.234. The predicted octanol–water partition coefficient (Wildman–Crippen LogP) is 6.28. The second kappa shape index (κ2) is 14.4. The summed E-state index contributed by atoms with van der Waals surface area (Å²) >= 11 is 6.32. The van der Waals surface area contributed by atoms with Gasteiger partial charge in [-0.2, -0.15) is 17.5 Å². The van der Waals surface area contributed by atoms with Gasteiger partial charge in [0.15, 0.2) is 0 Å². The molecule has 1 heterocycles. The number of carboxylic acid groups (broad SMARTS) is 1. The second-order valence-corrected chi connectivity index (χ2v) is 13.4. The second-order valence-electron chi connectivity index (χ2n) is 11.1. The van der Waals surface area contributed by atoms with Crippen molar-refractivity contribution in [1.82, 2.24) is 9.21 Å². The first-order valence-electron chi connectivity index (χ1n) is 14.3. The summed E-state index contributed by atoms with van der Waals surface area (Å²) in [4.78, 5) is 13.7. The third-order valence-corrected chi connectivity index (χ3v) is 9.72. The van der Waals surface area contributed by atoms with Gasteiger partial charge >= 0.3 is 12.1 Å². The summed E-state index contributed by atoms with van der Waals surface area (Å²) in [7, 11) is -3.73. The first-order chi connectivity index (χ1) is 20.8. The van der Waals surface area contributed by atoms with E-state index in [1.54, 1.807) is 6.07 Å². The fourth-order valence-electron chi connectivity index (χ4n) is 5.62. The van der Waals surface area contributed by atoms with Crippen LogP contribution in [0.3, 0.4) is 0 Å². The summed E-state index contributed by atoms with van der Waals surface area (Å²) < 4.78 is 72.2. The minimum absolute atomic E-state index is 0.0322. The van der Waals surface area contributed by atoms with Crippen LogP contribution in [0.5, 0.6) is 0 Å². The zero-order chi connectivity index (χ0) is 32.1. The van der Waals surface area contributed by atoms with Gasteiger partial charge in [-0.15, -0.1) is 0 Å². The van der Waals surface area contributed by atoms with Crippen molar-refractivity contribution in [2.24, 2.45) is 0 Å². The van der Waals surface area contributed by atoms with Crippen LogP contribution < -0.4 is 0 Å². The van der Waals surface area contributed by atoms with Crippen molar-refractivity contribution in [2.75, 3.05) is 26.0 Å². The molecule has 12 heteroatoms. The third kappa shape index (κ3) is 8.60. The van der Waals surface area contributed by atoms with Crippen molar-refractivity contribution < 1.29 is 36.2 Å². The Morgan fingerprint density at radius 1 is 1.05 bits per heavy atom. The smallest absolute Gasteiger partial charge is 0.417 e. The Labute approximate surface area is 261 Å². The molecule has 0 saturated carbocycles. The first-order valence-corrected chi connectivity index (χ1v) is 16.5. The molecule has 0 radical (unpaired) electrons. The Hall–Kier alpha value is -2.96. The highest BCUT2D eigenvalue weighted by Gasteiger charge is 2.42. The Balaban J connectivity index is 1.57. The van der Waals surface area contributed by atoms with E-state index in [0.29, 0.717) is 18.5 Å². The molecule has 4 rings (SSSR count). The maximum Gasteiger partial charge on any atom is 0.417 e. The van der Waals surface area contributed by atoms with Crippen molar-refractivity contribution >= 4 is 27.6 Å². The van der Waals surface area contributed by atoms with Crippen LogP contribution in [0.2, 0.25) is 5.02 Å². The van der Waals surface area contributed by atoms with E-state index in [4.69, 9.17) is 16.3 Å². The molecule has 3 aromatic rings. The fourth-order valence-corrected chi connectivity index (χ4v) is 6.99. The Morgan fingerprint density at radius 2 is 1.64 bits per heavy atom. The Morgan fingerprint density at radius 3 is 2.14 bits per heavy atom. The number of ether oxygens (including phenoxy) is 1. The van der Waals surface area contributed by atoms with E-state index in [0.717, 1.165) is 27.8 Å².